The molecule has 2 rings (SSSR count). The molecule has 0 radical (unpaired) electrons. The van der Waals surface area contributed by atoms with Crippen LogP contribution in [0.1, 0.15) is 52.9 Å². The van der Waals surface area contributed by atoms with Gasteiger partial charge in [-0.05, 0) is 43.4 Å². The SMILES string of the molecule is CC(C)(C)CC1CCC(N=S2(=O)CCNCC2)CC1. The number of hydrogen-bond acceptors (Lipinski definition) is 3. The minimum atomic E-state index is -1.88. The van der Waals surface area contributed by atoms with Crippen molar-refractivity contribution in [3.05, 3.63) is 0 Å². The molecule has 0 spiro atoms. The largest absolute Gasteiger partial charge is 0.315 e. The zero-order valence-corrected chi connectivity index (χ0v) is 13.6. The van der Waals surface area contributed by atoms with Gasteiger partial charge in [-0.15, -0.1) is 0 Å². The standard InChI is InChI=1S/C15H30N2OS/c1-15(2,3)12-13-4-6-14(7-5-13)17-19(18)10-8-16-9-11-19/h13-14,16H,4-12H2,1-3H3. The summed E-state index contributed by atoms with van der Waals surface area (Å²) in [7, 11) is -1.88. The predicted molar refractivity (Wildman–Crippen MR) is 83.0 cm³/mol. The fourth-order valence-corrected chi connectivity index (χ4v) is 5.48. The van der Waals surface area contributed by atoms with Crippen molar-refractivity contribution in [1.29, 1.82) is 0 Å². The van der Waals surface area contributed by atoms with E-state index in [4.69, 9.17) is 4.36 Å². The minimum Gasteiger partial charge on any atom is -0.315 e. The zero-order chi connectivity index (χ0) is 13.9. The molecule has 2 aliphatic rings. The van der Waals surface area contributed by atoms with Crippen molar-refractivity contribution >= 4 is 9.73 Å². The third-order valence-corrected chi connectivity index (χ3v) is 6.62. The average Bonchev–Trinajstić information content (AvgIpc) is 2.30. The lowest BCUT2D eigenvalue weighted by Gasteiger charge is -2.32. The molecule has 0 bridgehead atoms. The van der Waals surface area contributed by atoms with Crippen LogP contribution in [0.25, 0.3) is 0 Å². The molecule has 1 aliphatic carbocycles. The monoisotopic (exact) mass is 286 g/mol. The van der Waals surface area contributed by atoms with Gasteiger partial charge >= 0.3 is 0 Å². The van der Waals surface area contributed by atoms with Crippen LogP contribution < -0.4 is 5.32 Å². The van der Waals surface area contributed by atoms with Crippen LogP contribution in [-0.4, -0.2) is 34.8 Å². The number of rotatable bonds is 2. The van der Waals surface area contributed by atoms with E-state index < -0.39 is 9.73 Å². The molecule has 0 atom stereocenters. The topological polar surface area (TPSA) is 41.5 Å². The van der Waals surface area contributed by atoms with E-state index in [9.17, 15) is 4.21 Å². The second-order valence-electron chi connectivity index (χ2n) is 7.48. The van der Waals surface area contributed by atoms with Gasteiger partial charge in [0.25, 0.3) is 0 Å². The minimum absolute atomic E-state index is 0.377. The summed E-state index contributed by atoms with van der Waals surface area (Å²) in [5, 5.41) is 3.27. The molecule has 0 aromatic rings. The van der Waals surface area contributed by atoms with E-state index in [1.165, 1.54) is 19.3 Å². The van der Waals surface area contributed by atoms with Gasteiger partial charge in [0.05, 0.1) is 6.04 Å². The lowest BCUT2D eigenvalue weighted by atomic mass is 9.76. The fourth-order valence-electron chi connectivity index (χ4n) is 3.39. The van der Waals surface area contributed by atoms with E-state index in [2.05, 4.69) is 26.1 Å². The highest BCUT2D eigenvalue weighted by atomic mass is 32.2. The first kappa shape index (κ1) is 15.3. The number of nitrogens with one attached hydrogen (secondary N) is 1. The lowest BCUT2D eigenvalue weighted by molar-refractivity contribution is 0.229. The summed E-state index contributed by atoms with van der Waals surface area (Å²) in [4.78, 5) is 0. The van der Waals surface area contributed by atoms with Crippen molar-refractivity contribution < 1.29 is 4.21 Å². The molecule has 1 N–H and O–H groups in total. The van der Waals surface area contributed by atoms with Crippen LogP contribution in [0.3, 0.4) is 0 Å². The van der Waals surface area contributed by atoms with Crippen molar-refractivity contribution in [3.63, 3.8) is 0 Å². The van der Waals surface area contributed by atoms with Gasteiger partial charge in [0, 0.05) is 34.3 Å². The molecule has 0 aromatic heterocycles. The second-order valence-corrected chi connectivity index (χ2v) is 10.0. The maximum atomic E-state index is 12.6. The summed E-state index contributed by atoms with van der Waals surface area (Å²) < 4.78 is 17.3. The molecule has 0 aromatic carbocycles. The molecule has 4 heteroatoms. The van der Waals surface area contributed by atoms with E-state index in [1.54, 1.807) is 0 Å². The van der Waals surface area contributed by atoms with E-state index in [1.807, 2.05) is 0 Å². The Labute approximate surface area is 119 Å². The second kappa shape index (κ2) is 6.13. The van der Waals surface area contributed by atoms with Gasteiger partial charge in [-0.1, -0.05) is 20.8 Å². The molecule has 1 saturated carbocycles. The Balaban J connectivity index is 1.86. The third kappa shape index (κ3) is 5.07. The highest BCUT2D eigenvalue weighted by Crippen LogP contribution is 2.35. The first-order valence-corrected chi connectivity index (χ1v) is 9.64. The number of hydrogen-bond donors (Lipinski definition) is 1. The van der Waals surface area contributed by atoms with Gasteiger partial charge in [-0.25, -0.2) is 8.57 Å². The van der Waals surface area contributed by atoms with Crippen molar-refractivity contribution in [2.24, 2.45) is 15.7 Å². The first-order valence-electron chi connectivity index (χ1n) is 7.79. The van der Waals surface area contributed by atoms with Gasteiger partial charge in [-0.2, -0.15) is 0 Å². The first-order chi connectivity index (χ1) is 8.86. The van der Waals surface area contributed by atoms with E-state index in [-0.39, 0.29) is 0 Å². The Kier molecular flexibility index (Phi) is 4.93. The van der Waals surface area contributed by atoms with Crippen LogP contribution in [0.2, 0.25) is 0 Å². The Bertz CT molecular complexity index is 385. The molecule has 19 heavy (non-hydrogen) atoms. The summed E-state index contributed by atoms with van der Waals surface area (Å²) in [6, 6.07) is 0.377. The van der Waals surface area contributed by atoms with Gasteiger partial charge < -0.3 is 5.32 Å². The molecule has 1 aliphatic heterocycles. The Morgan fingerprint density at radius 2 is 1.68 bits per heavy atom. The van der Waals surface area contributed by atoms with Crippen LogP contribution in [0.5, 0.6) is 0 Å². The van der Waals surface area contributed by atoms with Crippen LogP contribution in [0, 0.1) is 11.3 Å². The summed E-state index contributed by atoms with van der Waals surface area (Å²) >= 11 is 0. The number of nitrogens with zero attached hydrogens (tertiary/aromatic N) is 1. The van der Waals surface area contributed by atoms with Crippen molar-refractivity contribution in [2.75, 3.05) is 24.6 Å². The van der Waals surface area contributed by atoms with Crippen LogP contribution >= 0.6 is 0 Å². The quantitative estimate of drug-likeness (QED) is 0.847. The van der Waals surface area contributed by atoms with Crippen LogP contribution in [-0.2, 0) is 9.73 Å². The summed E-state index contributed by atoms with van der Waals surface area (Å²) in [6.07, 6.45) is 6.19. The van der Waals surface area contributed by atoms with Crippen molar-refractivity contribution in [3.8, 4) is 0 Å². The zero-order valence-electron chi connectivity index (χ0n) is 12.8. The molecule has 112 valence electrons. The van der Waals surface area contributed by atoms with Crippen molar-refractivity contribution in [1.82, 2.24) is 5.32 Å². The predicted octanol–water partition coefficient (Wildman–Crippen LogP) is 3.05. The molecule has 0 amide bonds. The summed E-state index contributed by atoms with van der Waals surface area (Å²) in [5.74, 6) is 2.38. The maximum absolute atomic E-state index is 12.6. The molecule has 0 unspecified atom stereocenters. The van der Waals surface area contributed by atoms with E-state index >= 15 is 0 Å². The molecule has 1 saturated heterocycles. The fraction of sp³-hybridized carbons (Fsp3) is 1.00. The van der Waals surface area contributed by atoms with Gasteiger partial charge in [0.1, 0.15) is 0 Å². The highest BCUT2D eigenvalue weighted by Gasteiger charge is 2.26. The molecule has 2 fully saturated rings. The Morgan fingerprint density at radius 3 is 2.21 bits per heavy atom. The Morgan fingerprint density at radius 1 is 1.11 bits per heavy atom. The van der Waals surface area contributed by atoms with Gasteiger partial charge in [0.15, 0.2) is 0 Å². The summed E-state index contributed by atoms with van der Waals surface area (Å²) in [5.41, 5.74) is 0.439. The molecule has 3 nitrogen and oxygen atoms in total. The summed E-state index contributed by atoms with van der Waals surface area (Å²) in [6.45, 7) is 8.74. The molecular formula is C15H30N2OS. The highest BCUT2D eigenvalue weighted by molar-refractivity contribution is 7.93. The van der Waals surface area contributed by atoms with Gasteiger partial charge in [0.2, 0.25) is 0 Å². The molecular weight excluding hydrogens is 256 g/mol. The van der Waals surface area contributed by atoms with Crippen LogP contribution in [0.15, 0.2) is 4.36 Å². The van der Waals surface area contributed by atoms with Crippen molar-refractivity contribution in [2.45, 2.75) is 58.9 Å². The normalized spacial score (nSPS) is 31.9. The Hall–Kier alpha value is -0.0900. The molecule has 1 heterocycles. The van der Waals surface area contributed by atoms with E-state index in [0.717, 1.165) is 43.4 Å². The lowest BCUT2D eigenvalue weighted by Crippen LogP contribution is -2.36. The average molecular weight is 286 g/mol. The van der Waals surface area contributed by atoms with Gasteiger partial charge in [-0.3, -0.25) is 0 Å². The third-order valence-electron chi connectivity index (χ3n) is 4.25. The smallest absolute Gasteiger partial charge is 0.0594 e. The van der Waals surface area contributed by atoms with E-state index in [0.29, 0.717) is 11.5 Å². The van der Waals surface area contributed by atoms with Crippen LogP contribution in [0.4, 0.5) is 0 Å². The maximum Gasteiger partial charge on any atom is 0.0594 e.